The van der Waals surface area contributed by atoms with E-state index < -0.39 is 45.2 Å². The number of nitrogens with one attached hydrogen (secondary N) is 2. The van der Waals surface area contributed by atoms with Crippen LogP contribution in [0.2, 0.25) is 9.36 Å². The minimum absolute atomic E-state index is 0.197. The van der Waals surface area contributed by atoms with Crippen molar-refractivity contribution in [3.8, 4) is 0 Å². The molecule has 1 atom stereocenters. The third-order valence-electron chi connectivity index (χ3n) is 4.58. The standard InChI is InChI=1S/C18H18Cl2FN3O5S2/c19-15-4-3-13(30-15)17(25)22-9-11(18(26)27)23-31(28,29)14-8-10(21)7-12(16(14)20)24-5-1-2-6-24/h3-4,7-8,11,23H,1-2,5-6,9H2,(H,22,25)(H,26,27)/t11-/m0/s1. The number of benzene rings is 1. The molecule has 1 aliphatic heterocycles. The number of hydrogen-bond acceptors (Lipinski definition) is 6. The van der Waals surface area contributed by atoms with Gasteiger partial charge in [-0.15, -0.1) is 11.3 Å². The first kappa shape index (κ1) is 23.7. The molecule has 2 aromatic rings. The lowest BCUT2D eigenvalue weighted by Crippen LogP contribution is -2.48. The first-order valence-electron chi connectivity index (χ1n) is 9.11. The first-order valence-corrected chi connectivity index (χ1v) is 12.2. The van der Waals surface area contributed by atoms with Crippen molar-refractivity contribution in [2.45, 2.75) is 23.8 Å². The average molecular weight is 510 g/mol. The molecular weight excluding hydrogens is 492 g/mol. The molecule has 2 heterocycles. The highest BCUT2D eigenvalue weighted by Crippen LogP contribution is 2.35. The summed E-state index contributed by atoms with van der Waals surface area (Å²) in [4.78, 5) is 25.1. The van der Waals surface area contributed by atoms with Crippen LogP contribution in [0.1, 0.15) is 22.5 Å². The Kier molecular flexibility index (Phi) is 7.43. The molecule has 0 radical (unpaired) electrons. The molecule has 0 unspecified atom stereocenters. The van der Waals surface area contributed by atoms with Gasteiger partial charge in [-0.3, -0.25) is 9.59 Å². The molecule has 0 saturated carbocycles. The van der Waals surface area contributed by atoms with Crippen LogP contribution in [0.5, 0.6) is 0 Å². The zero-order chi connectivity index (χ0) is 22.8. The number of carboxylic acids is 1. The molecule has 1 aromatic carbocycles. The lowest BCUT2D eigenvalue weighted by molar-refractivity contribution is -0.138. The largest absolute Gasteiger partial charge is 0.480 e. The number of anilines is 1. The fourth-order valence-corrected chi connectivity index (χ4v) is 5.87. The molecular formula is C18H18Cl2FN3O5S2. The molecule has 0 spiro atoms. The minimum Gasteiger partial charge on any atom is -0.480 e. The molecule has 1 aromatic heterocycles. The third kappa shape index (κ3) is 5.66. The van der Waals surface area contributed by atoms with E-state index in [1.54, 1.807) is 4.90 Å². The summed E-state index contributed by atoms with van der Waals surface area (Å²) in [6, 6.07) is 3.12. The third-order valence-corrected chi connectivity index (χ3v) is 7.82. The molecule has 13 heteroatoms. The van der Waals surface area contributed by atoms with Gasteiger partial charge >= 0.3 is 5.97 Å². The lowest BCUT2D eigenvalue weighted by Gasteiger charge is -2.22. The highest BCUT2D eigenvalue weighted by molar-refractivity contribution is 7.89. The molecule has 31 heavy (non-hydrogen) atoms. The summed E-state index contributed by atoms with van der Waals surface area (Å²) in [6.45, 7) is 0.661. The van der Waals surface area contributed by atoms with E-state index in [9.17, 15) is 27.5 Å². The molecule has 1 amide bonds. The molecule has 0 bridgehead atoms. The van der Waals surface area contributed by atoms with Crippen molar-refractivity contribution in [3.05, 3.63) is 44.3 Å². The Balaban J connectivity index is 1.80. The van der Waals surface area contributed by atoms with Crippen LogP contribution in [0.25, 0.3) is 0 Å². The van der Waals surface area contributed by atoms with Gasteiger partial charge in [0.15, 0.2) is 0 Å². The maximum absolute atomic E-state index is 14.2. The molecule has 1 saturated heterocycles. The first-order chi connectivity index (χ1) is 14.6. The zero-order valence-corrected chi connectivity index (χ0v) is 19.0. The Morgan fingerprint density at radius 1 is 1.23 bits per heavy atom. The summed E-state index contributed by atoms with van der Waals surface area (Å²) in [5.41, 5.74) is 0.231. The summed E-state index contributed by atoms with van der Waals surface area (Å²) in [6.07, 6.45) is 1.73. The van der Waals surface area contributed by atoms with Gasteiger partial charge in [0.05, 0.1) is 19.9 Å². The molecule has 0 aliphatic carbocycles. The summed E-state index contributed by atoms with van der Waals surface area (Å²) >= 11 is 13.0. The molecule has 1 aliphatic rings. The van der Waals surface area contributed by atoms with Crippen molar-refractivity contribution < 1.29 is 27.5 Å². The van der Waals surface area contributed by atoms with E-state index in [1.807, 2.05) is 4.72 Å². The topological polar surface area (TPSA) is 116 Å². The smallest absolute Gasteiger partial charge is 0.323 e. The van der Waals surface area contributed by atoms with Gasteiger partial charge < -0.3 is 15.3 Å². The van der Waals surface area contributed by atoms with E-state index in [1.165, 1.54) is 12.1 Å². The van der Waals surface area contributed by atoms with Gasteiger partial charge in [0.25, 0.3) is 5.91 Å². The van der Waals surface area contributed by atoms with Crippen molar-refractivity contribution in [2.24, 2.45) is 0 Å². The van der Waals surface area contributed by atoms with Crippen LogP contribution in [0.3, 0.4) is 0 Å². The van der Waals surface area contributed by atoms with E-state index in [0.29, 0.717) is 17.4 Å². The monoisotopic (exact) mass is 509 g/mol. The second-order valence-corrected chi connectivity index (χ2v) is 10.5. The Morgan fingerprint density at radius 2 is 1.90 bits per heavy atom. The Hall–Kier alpha value is -1.92. The number of carbonyl (C=O) groups excluding carboxylic acids is 1. The molecule has 168 valence electrons. The number of carboxylic acid groups (broad SMARTS) is 1. The van der Waals surface area contributed by atoms with E-state index in [2.05, 4.69) is 5.32 Å². The van der Waals surface area contributed by atoms with E-state index in [0.717, 1.165) is 36.3 Å². The summed E-state index contributed by atoms with van der Waals surface area (Å²) in [5.74, 6) is -2.95. The molecule has 8 nitrogen and oxygen atoms in total. The number of amides is 1. The zero-order valence-electron chi connectivity index (χ0n) is 15.9. The van der Waals surface area contributed by atoms with E-state index in [4.69, 9.17) is 23.2 Å². The number of sulfonamides is 1. The fourth-order valence-electron chi connectivity index (χ4n) is 3.08. The van der Waals surface area contributed by atoms with E-state index >= 15 is 0 Å². The van der Waals surface area contributed by atoms with Crippen LogP contribution < -0.4 is 14.9 Å². The lowest BCUT2D eigenvalue weighted by atomic mass is 10.3. The van der Waals surface area contributed by atoms with Crippen LogP contribution in [-0.4, -0.2) is 51.1 Å². The van der Waals surface area contributed by atoms with Crippen molar-refractivity contribution >= 4 is 62.1 Å². The summed E-state index contributed by atoms with van der Waals surface area (Å²) < 4.78 is 42.2. The van der Waals surface area contributed by atoms with Gasteiger partial charge in [0.2, 0.25) is 10.0 Å². The summed E-state index contributed by atoms with van der Waals surface area (Å²) in [7, 11) is -4.52. The SMILES string of the molecule is O=C(NC[C@H](NS(=O)(=O)c1cc(F)cc(N2CCCC2)c1Cl)C(=O)O)c1ccc(Cl)s1. The fraction of sp³-hybridized carbons (Fsp3) is 0.333. The predicted octanol–water partition coefficient (Wildman–Crippen LogP) is 2.96. The van der Waals surface area contributed by atoms with Gasteiger partial charge in [-0.25, -0.2) is 12.8 Å². The van der Waals surface area contributed by atoms with Crippen LogP contribution in [0, 0.1) is 5.82 Å². The maximum atomic E-state index is 14.2. The Morgan fingerprint density at radius 3 is 2.48 bits per heavy atom. The van der Waals surface area contributed by atoms with Crippen molar-refractivity contribution in [2.75, 3.05) is 24.5 Å². The van der Waals surface area contributed by atoms with Crippen LogP contribution in [-0.2, 0) is 14.8 Å². The second kappa shape index (κ2) is 9.70. The van der Waals surface area contributed by atoms with Crippen molar-refractivity contribution in [3.63, 3.8) is 0 Å². The van der Waals surface area contributed by atoms with Crippen LogP contribution in [0.4, 0.5) is 10.1 Å². The van der Waals surface area contributed by atoms with Gasteiger partial charge in [-0.2, -0.15) is 4.72 Å². The quantitative estimate of drug-likeness (QED) is 0.503. The highest BCUT2D eigenvalue weighted by Gasteiger charge is 2.30. The number of nitrogens with zero attached hydrogens (tertiary/aromatic N) is 1. The Labute approximate surface area is 192 Å². The highest BCUT2D eigenvalue weighted by atomic mass is 35.5. The number of aliphatic carboxylic acids is 1. The normalized spacial score (nSPS) is 15.1. The van der Waals surface area contributed by atoms with Crippen molar-refractivity contribution in [1.82, 2.24) is 10.0 Å². The molecule has 1 fully saturated rings. The van der Waals surface area contributed by atoms with Gasteiger partial charge in [0, 0.05) is 19.6 Å². The van der Waals surface area contributed by atoms with Gasteiger partial charge in [0.1, 0.15) is 16.8 Å². The minimum atomic E-state index is -4.52. The van der Waals surface area contributed by atoms with E-state index in [-0.39, 0.29) is 15.6 Å². The number of thiophene rings is 1. The number of halogens is 3. The Bertz CT molecular complexity index is 1100. The number of rotatable bonds is 8. The van der Waals surface area contributed by atoms with Crippen molar-refractivity contribution in [1.29, 1.82) is 0 Å². The van der Waals surface area contributed by atoms with Gasteiger partial charge in [-0.05, 0) is 37.1 Å². The van der Waals surface area contributed by atoms with Crippen LogP contribution >= 0.6 is 34.5 Å². The summed E-state index contributed by atoms with van der Waals surface area (Å²) in [5, 5.41) is 11.6. The number of carbonyl (C=O) groups is 2. The van der Waals surface area contributed by atoms with Crippen LogP contribution in [0.15, 0.2) is 29.2 Å². The maximum Gasteiger partial charge on any atom is 0.323 e. The average Bonchev–Trinajstić information content (AvgIpc) is 3.38. The molecule has 3 N–H and O–H groups in total. The number of hydrogen-bond donors (Lipinski definition) is 3. The molecule has 3 rings (SSSR count). The predicted molar refractivity (Wildman–Crippen MR) is 116 cm³/mol. The second-order valence-electron chi connectivity index (χ2n) is 6.76. The van der Waals surface area contributed by atoms with Gasteiger partial charge in [-0.1, -0.05) is 23.2 Å².